The summed E-state index contributed by atoms with van der Waals surface area (Å²) in [7, 11) is 1.67. The molecule has 0 saturated carbocycles. The fourth-order valence-corrected chi connectivity index (χ4v) is 2.93. The second-order valence-electron chi connectivity index (χ2n) is 6.07. The fourth-order valence-electron chi connectivity index (χ4n) is 2.93. The number of nitrogens with zero attached hydrogens (tertiary/aromatic N) is 3. The maximum Gasteiger partial charge on any atom is 0.229 e. The number of anilines is 3. The lowest BCUT2D eigenvalue weighted by molar-refractivity contribution is 0.416. The molecule has 0 atom stereocenters. The summed E-state index contributed by atoms with van der Waals surface area (Å²) >= 11 is 0. The number of nitrogens with one attached hydrogen (secondary N) is 1. The van der Waals surface area contributed by atoms with Crippen LogP contribution in [-0.2, 0) is 0 Å². The number of aryl methyl sites for hydroxylation is 2. The first kappa shape index (κ1) is 15.6. The molecule has 1 N–H and O–H groups in total. The molecule has 0 unspecified atom stereocenters. The van der Waals surface area contributed by atoms with Crippen molar-refractivity contribution in [2.45, 2.75) is 33.1 Å². The number of ether oxygens (including phenoxy) is 1. The van der Waals surface area contributed by atoms with Crippen LogP contribution < -0.4 is 15.0 Å². The predicted octanol–water partition coefficient (Wildman–Crippen LogP) is 3.84. The van der Waals surface area contributed by atoms with Crippen LogP contribution in [0.15, 0.2) is 24.3 Å². The molecule has 1 aromatic carbocycles. The van der Waals surface area contributed by atoms with Crippen LogP contribution in [0.2, 0.25) is 0 Å². The molecule has 1 saturated heterocycles. The lowest BCUT2D eigenvalue weighted by Gasteiger charge is -2.28. The quantitative estimate of drug-likeness (QED) is 0.929. The van der Waals surface area contributed by atoms with Crippen molar-refractivity contribution in [3.8, 4) is 5.75 Å². The Morgan fingerprint density at radius 3 is 2.57 bits per heavy atom. The van der Waals surface area contributed by atoms with E-state index in [0.29, 0.717) is 5.95 Å². The van der Waals surface area contributed by atoms with Gasteiger partial charge < -0.3 is 15.0 Å². The molecule has 1 aromatic heterocycles. The van der Waals surface area contributed by atoms with Crippen molar-refractivity contribution in [1.82, 2.24) is 9.97 Å². The van der Waals surface area contributed by atoms with Crippen molar-refractivity contribution in [2.75, 3.05) is 30.4 Å². The molecule has 122 valence electrons. The summed E-state index contributed by atoms with van der Waals surface area (Å²) in [5.41, 5.74) is 3.02. The Morgan fingerprint density at radius 2 is 1.83 bits per heavy atom. The fraction of sp³-hybridized carbons (Fsp3) is 0.444. The van der Waals surface area contributed by atoms with E-state index in [1.807, 2.05) is 25.1 Å². The Bertz CT molecular complexity index is 681. The van der Waals surface area contributed by atoms with E-state index in [0.717, 1.165) is 41.6 Å². The summed E-state index contributed by atoms with van der Waals surface area (Å²) in [5.74, 6) is 2.42. The molecule has 1 aliphatic heterocycles. The maximum atomic E-state index is 5.42. The van der Waals surface area contributed by atoms with Gasteiger partial charge in [-0.15, -0.1) is 0 Å². The highest BCUT2D eigenvalue weighted by atomic mass is 16.5. The van der Waals surface area contributed by atoms with E-state index in [9.17, 15) is 0 Å². The summed E-state index contributed by atoms with van der Waals surface area (Å²) in [5, 5.41) is 3.31. The van der Waals surface area contributed by atoms with E-state index in [2.05, 4.69) is 28.2 Å². The van der Waals surface area contributed by atoms with Gasteiger partial charge in [-0.05, 0) is 50.8 Å². The average molecular weight is 312 g/mol. The number of benzene rings is 1. The first-order valence-electron chi connectivity index (χ1n) is 8.18. The Hall–Kier alpha value is -2.30. The van der Waals surface area contributed by atoms with Gasteiger partial charge >= 0.3 is 0 Å². The van der Waals surface area contributed by atoms with Crippen molar-refractivity contribution in [1.29, 1.82) is 0 Å². The van der Waals surface area contributed by atoms with Gasteiger partial charge in [-0.25, -0.2) is 4.98 Å². The molecule has 0 bridgehead atoms. The molecular formula is C18H24N4O. The number of hydrogen-bond donors (Lipinski definition) is 1. The second-order valence-corrected chi connectivity index (χ2v) is 6.07. The smallest absolute Gasteiger partial charge is 0.229 e. The molecule has 5 nitrogen and oxygen atoms in total. The number of rotatable bonds is 4. The zero-order valence-electron chi connectivity index (χ0n) is 14.1. The standard InChI is InChI=1S/C18H24N4O/c1-13-7-8-16(23-3)15(11-13)20-18-19-14(2)12-17(21-18)22-9-5-4-6-10-22/h7-8,11-12H,4-6,9-10H2,1-3H3,(H,19,20,21). The van der Waals surface area contributed by atoms with Crippen LogP contribution in [0.3, 0.4) is 0 Å². The third-order valence-electron chi connectivity index (χ3n) is 4.12. The molecule has 5 heteroatoms. The van der Waals surface area contributed by atoms with E-state index in [4.69, 9.17) is 9.72 Å². The molecule has 2 aromatic rings. The van der Waals surface area contributed by atoms with E-state index in [-0.39, 0.29) is 0 Å². The molecule has 23 heavy (non-hydrogen) atoms. The molecule has 0 amide bonds. The molecule has 0 spiro atoms. The zero-order chi connectivity index (χ0) is 16.2. The SMILES string of the molecule is COc1ccc(C)cc1Nc1nc(C)cc(N2CCCCC2)n1. The van der Waals surface area contributed by atoms with Crippen LogP contribution in [0.4, 0.5) is 17.5 Å². The molecular weight excluding hydrogens is 288 g/mol. The van der Waals surface area contributed by atoms with Gasteiger partial charge in [-0.1, -0.05) is 6.07 Å². The number of aromatic nitrogens is 2. The largest absolute Gasteiger partial charge is 0.495 e. The van der Waals surface area contributed by atoms with Crippen LogP contribution in [-0.4, -0.2) is 30.2 Å². The van der Waals surface area contributed by atoms with Gasteiger partial charge in [0.2, 0.25) is 5.95 Å². The molecule has 0 radical (unpaired) electrons. The van der Waals surface area contributed by atoms with Crippen molar-refractivity contribution >= 4 is 17.5 Å². The highest BCUT2D eigenvalue weighted by Gasteiger charge is 2.14. The summed E-state index contributed by atoms with van der Waals surface area (Å²) < 4.78 is 5.42. The summed E-state index contributed by atoms with van der Waals surface area (Å²) in [6.07, 6.45) is 3.78. The third kappa shape index (κ3) is 3.73. The highest BCUT2D eigenvalue weighted by Crippen LogP contribution is 2.28. The predicted molar refractivity (Wildman–Crippen MR) is 93.8 cm³/mol. The minimum atomic E-state index is 0.620. The molecule has 1 aliphatic rings. The van der Waals surface area contributed by atoms with Crippen LogP contribution in [0.5, 0.6) is 5.75 Å². The number of methoxy groups -OCH3 is 1. The van der Waals surface area contributed by atoms with Crippen LogP contribution in [0, 0.1) is 13.8 Å². The Kier molecular flexibility index (Phi) is 4.65. The zero-order valence-corrected chi connectivity index (χ0v) is 14.1. The minimum absolute atomic E-state index is 0.620. The van der Waals surface area contributed by atoms with Gasteiger partial charge in [-0.3, -0.25) is 0 Å². The number of hydrogen-bond acceptors (Lipinski definition) is 5. The van der Waals surface area contributed by atoms with Gasteiger partial charge in [-0.2, -0.15) is 4.98 Å². The molecule has 3 rings (SSSR count). The topological polar surface area (TPSA) is 50.3 Å². The van der Waals surface area contributed by atoms with E-state index >= 15 is 0 Å². The lowest BCUT2D eigenvalue weighted by Crippen LogP contribution is -2.30. The van der Waals surface area contributed by atoms with Gasteiger partial charge in [0.15, 0.2) is 0 Å². The Labute approximate surface area is 137 Å². The van der Waals surface area contributed by atoms with Crippen LogP contribution in [0.1, 0.15) is 30.5 Å². The van der Waals surface area contributed by atoms with Crippen molar-refractivity contribution in [3.63, 3.8) is 0 Å². The first-order chi connectivity index (χ1) is 11.2. The maximum absolute atomic E-state index is 5.42. The van der Waals surface area contributed by atoms with Crippen molar-refractivity contribution in [2.24, 2.45) is 0 Å². The third-order valence-corrected chi connectivity index (χ3v) is 4.12. The Morgan fingerprint density at radius 1 is 1.04 bits per heavy atom. The molecule has 1 fully saturated rings. The second kappa shape index (κ2) is 6.86. The van der Waals surface area contributed by atoms with Gasteiger partial charge in [0.05, 0.1) is 12.8 Å². The van der Waals surface area contributed by atoms with Crippen LogP contribution >= 0.6 is 0 Å². The summed E-state index contributed by atoms with van der Waals surface area (Å²) in [4.78, 5) is 11.6. The van der Waals surface area contributed by atoms with Gasteiger partial charge in [0.1, 0.15) is 11.6 Å². The minimum Gasteiger partial charge on any atom is -0.495 e. The monoisotopic (exact) mass is 312 g/mol. The van der Waals surface area contributed by atoms with Crippen molar-refractivity contribution in [3.05, 3.63) is 35.5 Å². The van der Waals surface area contributed by atoms with Gasteiger partial charge in [0.25, 0.3) is 0 Å². The average Bonchev–Trinajstić information content (AvgIpc) is 2.55. The van der Waals surface area contributed by atoms with E-state index in [1.54, 1.807) is 7.11 Å². The van der Waals surface area contributed by atoms with E-state index in [1.165, 1.54) is 19.3 Å². The van der Waals surface area contributed by atoms with Gasteiger partial charge in [0, 0.05) is 24.8 Å². The Balaban J connectivity index is 1.88. The highest BCUT2D eigenvalue weighted by molar-refractivity contribution is 5.64. The molecule has 2 heterocycles. The normalized spacial score (nSPS) is 14.7. The summed E-state index contributed by atoms with van der Waals surface area (Å²) in [6, 6.07) is 8.09. The summed E-state index contributed by atoms with van der Waals surface area (Å²) in [6.45, 7) is 6.21. The lowest BCUT2D eigenvalue weighted by atomic mass is 10.1. The van der Waals surface area contributed by atoms with Crippen molar-refractivity contribution < 1.29 is 4.74 Å². The van der Waals surface area contributed by atoms with E-state index < -0.39 is 0 Å². The van der Waals surface area contributed by atoms with Crippen LogP contribution in [0.25, 0.3) is 0 Å². The number of piperidine rings is 1. The first-order valence-corrected chi connectivity index (χ1v) is 8.18. The molecule has 0 aliphatic carbocycles.